The highest BCUT2D eigenvalue weighted by Gasteiger charge is 2.23. The molecule has 1 heterocycles. The molecular weight excluding hydrogens is 230 g/mol. The van der Waals surface area contributed by atoms with Gasteiger partial charge in [-0.05, 0) is 18.9 Å². The Morgan fingerprint density at radius 2 is 2.11 bits per heavy atom. The number of anilines is 1. The second-order valence-corrected chi connectivity index (χ2v) is 4.06. The van der Waals surface area contributed by atoms with E-state index in [9.17, 15) is 9.90 Å². The Morgan fingerprint density at radius 3 is 2.78 bits per heavy atom. The molecular formula is C14H15NO3. The summed E-state index contributed by atoms with van der Waals surface area (Å²) in [6, 6.07) is 1.72. The summed E-state index contributed by atoms with van der Waals surface area (Å²) in [6.45, 7) is 7.28. The number of hydrogen-bond donors (Lipinski definition) is 2. The van der Waals surface area contributed by atoms with Gasteiger partial charge in [0.25, 0.3) is 5.91 Å². The molecule has 0 radical (unpaired) electrons. The Balaban J connectivity index is 2.57. The van der Waals surface area contributed by atoms with E-state index in [1.165, 1.54) is 0 Å². The number of allylic oxidation sites excluding steroid dienone is 2. The van der Waals surface area contributed by atoms with E-state index in [0.29, 0.717) is 35.4 Å². The number of carbonyl (C=O) groups is 1. The summed E-state index contributed by atoms with van der Waals surface area (Å²) in [7, 11) is 0. The third-order valence-electron chi connectivity index (χ3n) is 2.76. The second-order valence-electron chi connectivity index (χ2n) is 4.06. The first-order chi connectivity index (χ1) is 8.67. The topological polar surface area (TPSA) is 58.6 Å². The van der Waals surface area contributed by atoms with Crippen molar-refractivity contribution in [3.05, 3.63) is 42.5 Å². The Bertz CT molecular complexity index is 520. The van der Waals surface area contributed by atoms with Crippen molar-refractivity contribution in [1.29, 1.82) is 0 Å². The van der Waals surface area contributed by atoms with E-state index in [0.717, 1.165) is 0 Å². The fraction of sp³-hybridized carbons (Fsp3) is 0.214. The number of rotatable bonds is 4. The summed E-state index contributed by atoms with van der Waals surface area (Å²) in [4.78, 5) is 11.3. The summed E-state index contributed by atoms with van der Waals surface area (Å²) in [5.74, 6) is 0.520. The van der Waals surface area contributed by atoms with E-state index in [1.807, 2.05) is 0 Å². The van der Waals surface area contributed by atoms with E-state index in [1.54, 1.807) is 18.2 Å². The van der Waals surface area contributed by atoms with Gasteiger partial charge >= 0.3 is 0 Å². The average Bonchev–Trinajstić information content (AvgIpc) is 2.34. The molecule has 0 fully saturated rings. The molecule has 0 atom stereocenters. The Labute approximate surface area is 106 Å². The number of phenols is 1. The summed E-state index contributed by atoms with van der Waals surface area (Å²) in [5.41, 5.74) is 1.96. The highest BCUT2D eigenvalue weighted by atomic mass is 16.5. The first-order valence-corrected chi connectivity index (χ1v) is 5.69. The van der Waals surface area contributed by atoms with Crippen LogP contribution in [0.1, 0.15) is 11.1 Å². The van der Waals surface area contributed by atoms with Crippen LogP contribution in [0.25, 0.3) is 0 Å². The molecule has 2 rings (SSSR count). The number of phenolic OH excluding ortho intramolecular Hbond substituents is 1. The largest absolute Gasteiger partial charge is 0.507 e. The van der Waals surface area contributed by atoms with Crippen LogP contribution in [0, 0.1) is 0 Å². The van der Waals surface area contributed by atoms with Crippen LogP contribution < -0.4 is 10.1 Å². The number of ether oxygens (including phenoxy) is 1. The lowest BCUT2D eigenvalue weighted by Crippen LogP contribution is -2.26. The fourth-order valence-electron chi connectivity index (χ4n) is 2.00. The highest BCUT2D eigenvalue weighted by molar-refractivity contribution is 5.96. The molecule has 18 heavy (non-hydrogen) atoms. The van der Waals surface area contributed by atoms with Crippen LogP contribution in [0.5, 0.6) is 11.5 Å². The van der Waals surface area contributed by atoms with Gasteiger partial charge < -0.3 is 15.2 Å². The molecule has 1 amide bonds. The number of amides is 1. The molecule has 0 saturated carbocycles. The molecule has 0 aliphatic carbocycles. The Morgan fingerprint density at radius 1 is 1.39 bits per heavy atom. The number of benzene rings is 1. The van der Waals surface area contributed by atoms with Crippen LogP contribution in [0.15, 0.2) is 31.4 Å². The van der Waals surface area contributed by atoms with Gasteiger partial charge in [0.15, 0.2) is 12.4 Å². The predicted octanol–water partition coefficient (Wildman–Crippen LogP) is 2.18. The van der Waals surface area contributed by atoms with Crippen LogP contribution in [-0.4, -0.2) is 17.6 Å². The highest BCUT2D eigenvalue weighted by Crippen LogP contribution is 2.40. The van der Waals surface area contributed by atoms with Crippen molar-refractivity contribution >= 4 is 11.6 Å². The van der Waals surface area contributed by atoms with Gasteiger partial charge in [0.05, 0.1) is 5.69 Å². The number of nitrogens with one attached hydrogen (secondary N) is 1. The molecule has 0 unspecified atom stereocenters. The van der Waals surface area contributed by atoms with E-state index < -0.39 is 0 Å². The average molecular weight is 245 g/mol. The van der Waals surface area contributed by atoms with Crippen molar-refractivity contribution in [2.45, 2.75) is 12.8 Å². The van der Waals surface area contributed by atoms with Gasteiger partial charge in [-0.3, -0.25) is 4.79 Å². The maximum atomic E-state index is 11.3. The maximum absolute atomic E-state index is 11.3. The van der Waals surface area contributed by atoms with E-state index >= 15 is 0 Å². The zero-order chi connectivity index (χ0) is 13.1. The molecule has 94 valence electrons. The third-order valence-corrected chi connectivity index (χ3v) is 2.76. The lowest BCUT2D eigenvalue weighted by atomic mass is 10.00. The molecule has 0 spiro atoms. The minimum Gasteiger partial charge on any atom is -0.507 e. The summed E-state index contributed by atoms with van der Waals surface area (Å²) < 4.78 is 5.39. The van der Waals surface area contributed by atoms with Crippen molar-refractivity contribution < 1.29 is 14.6 Å². The Kier molecular flexibility index (Phi) is 3.37. The molecule has 2 N–H and O–H groups in total. The summed E-state index contributed by atoms with van der Waals surface area (Å²) in [6.07, 6.45) is 4.39. The van der Waals surface area contributed by atoms with Crippen molar-refractivity contribution in [3.8, 4) is 11.5 Å². The lowest BCUT2D eigenvalue weighted by molar-refractivity contribution is -0.118. The van der Waals surface area contributed by atoms with Gasteiger partial charge in [0.1, 0.15) is 5.75 Å². The van der Waals surface area contributed by atoms with E-state index in [-0.39, 0.29) is 18.3 Å². The minimum atomic E-state index is -0.192. The first-order valence-electron chi connectivity index (χ1n) is 5.69. The lowest BCUT2D eigenvalue weighted by Gasteiger charge is -2.22. The van der Waals surface area contributed by atoms with Gasteiger partial charge in [0.2, 0.25) is 0 Å². The SMILES string of the molecule is C=CCc1cc2c(c(CC=C)c1O)OCC(=O)N2. The monoisotopic (exact) mass is 245 g/mol. The predicted molar refractivity (Wildman–Crippen MR) is 70.0 cm³/mol. The normalized spacial score (nSPS) is 13.2. The first kappa shape index (κ1) is 12.2. The van der Waals surface area contributed by atoms with Crippen LogP contribution in [-0.2, 0) is 17.6 Å². The Hall–Kier alpha value is -2.23. The molecule has 1 aliphatic heterocycles. The van der Waals surface area contributed by atoms with Gasteiger partial charge in [-0.15, -0.1) is 13.2 Å². The minimum absolute atomic E-state index is 0.0304. The molecule has 0 bridgehead atoms. The van der Waals surface area contributed by atoms with Gasteiger partial charge in [-0.25, -0.2) is 0 Å². The second kappa shape index (κ2) is 4.96. The molecule has 4 nitrogen and oxygen atoms in total. The molecule has 1 aromatic rings. The number of hydrogen-bond acceptors (Lipinski definition) is 3. The van der Waals surface area contributed by atoms with Gasteiger partial charge in [-0.2, -0.15) is 0 Å². The van der Waals surface area contributed by atoms with Crippen LogP contribution >= 0.6 is 0 Å². The van der Waals surface area contributed by atoms with E-state index in [2.05, 4.69) is 18.5 Å². The van der Waals surface area contributed by atoms with Crippen molar-refractivity contribution in [1.82, 2.24) is 0 Å². The van der Waals surface area contributed by atoms with Crippen LogP contribution in [0.3, 0.4) is 0 Å². The zero-order valence-electron chi connectivity index (χ0n) is 10.0. The fourth-order valence-corrected chi connectivity index (χ4v) is 2.00. The van der Waals surface area contributed by atoms with Gasteiger partial charge in [-0.1, -0.05) is 12.2 Å². The van der Waals surface area contributed by atoms with Crippen LogP contribution in [0.2, 0.25) is 0 Å². The quantitative estimate of drug-likeness (QED) is 0.631. The molecule has 0 saturated heterocycles. The summed E-state index contributed by atoms with van der Waals surface area (Å²) in [5, 5.41) is 12.9. The zero-order valence-corrected chi connectivity index (χ0v) is 10.0. The third kappa shape index (κ3) is 2.09. The van der Waals surface area contributed by atoms with Crippen molar-refractivity contribution in [2.24, 2.45) is 0 Å². The number of aromatic hydroxyl groups is 1. The standard InChI is InChI=1S/C14H15NO3/c1-3-5-9-7-11-14(18-8-12(16)15-11)10(6-4-2)13(9)17/h3-4,7,17H,1-2,5-6,8H2,(H,15,16). The summed E-state index contributed by atoms with van der Waals surface area (Å²) >= 11 is 0. The van der Waals surface area contributed by atoms with Crippen LogP contribution in [0.4, 0.5) is 5.69 Å². The van der Waals surface area contributed by atoms with Gasteiger partial charge in [0, 0.05) is 11.1 Å². The van der Waals surface area contributed by atoms with Crippen molar-refractivity contribution in [3.63, 3.8) is 0 Å². The number of fused-ring (bicyclic) bond motifs is 1. The molecule has 4 heteroatoms. The number of carbonyl (C=O) groups excluding carboxylic acids is 1. The maximum Gasteiger partial charge on any atom is 0.262 e. The van der Waals surface area contributed by atoms with E-state index in [4.69, 9.17) is 4.74 Å². The molecule has 1 aliphatic rings. The smallest absolute Gasteiger partial charge is 0.262 e. The molecule has 0 aromatic heterocycles. The molecule has 1 aromatic carbocycles. The van der Waals surface area contributed by atoms with Crippen molar-refractivity contribution in [2.75, 3.05) is 11.9 Å².